The molecular formula is C24H31NO3. The van der Waals surface area contributed by atoms with E-state index in [2.05, 4.69) is 47.4 Å². The highest BCUT2D eigenvalue weighted by molar-refractivity contribution is 5.85. The van der Waals surface area contributed by atoms with Gasteiger partial charge >= 0.3 is 5.97 Å². The molecule has 0 spiro atoms. The Bertz CT molecular complexity index is 800. The Morgan fingerprint density at radius 2 is 1.89 bits per heavy atom. The number of hydrogen-bond donors (Lipinski definition) is 0. The van der Waals surface area contributed by atoms with E-state index < -0.39 is 0 Å². The number of likely N-dealkylation sites (tertiary alicyclic amines) is 1. The molecule has 0 N–H and O–H groups in total. The van der Waals surface area contributed by atoms with Crippen LogP contribution in [0.1, 0.15) is 44.6 Å². The summed E-state index contributed by atoms with van der Waals surface area (Å²) in [5.41, 5.74) is 1.36. The van der Waals surface area contributed by atoms with Crippen LogP contribution < -0.4 is 0 Å². The number of nitrogens with zero attached hydrogens (tertiary/aromatic N) is 1. The predicted octanol–water partition coefficient (Wildman–Crippen LogP) is 4.35. The largest absolute Gasteiger partial charge is 0.461 e. The molecule has 1 saturated carbocycles. The predicted molar refractivity (Wildman–Crippen MR) is 111 cm³/mol. The molecule has 4 heteroatoms. The minimum Gasteiger partial charge on any atom is -0.461 e. The minimum atomic E-state index is -0.168. The maximum atomic E-state index is 11.3. The van der Waals surface area contributed by atoms with Crippen LogP contribution in [0, 0.1) is 0 Å². The average Bonchev–Trinajstić information content (AvgIpc) is 3.16. The molecule has 2 unspecified atom stereocenters. The Morgan fingerprint density at radius 3 is 2.79 bits per heavy atom. The Hall–Kier alpha value is -1.91. The van der Waals surface area contributed by atoms with Crippen molar-refractivity contribution >= 4 is 16.7 Å². The number of ether oxygens (including phenoxy) is 2. The van der Waals surface area contributed by atoms with Crippen LogP contribution in [0.15, 0.2) is 42.5 Å². The number of esters is 1. The van der Waals surface area contributed by atoms with Crippen molar-refractivity contribution in [2.75, 3.05) is 19.7 Å². The van der Waals surface area contributed by atoms with Gasteiger partial charge in [0.05, 0.1) is 12.7 Å². The zero-order valence-electron chi connectivity index (χ0n) is 16.8. The average molecular weight is 382 g/mol. The summed E-state index contributed by atoms with van der Waals surface area (Å²) in [7, 11) is 0. The molecule has 3 atom stereocenters. The first-order valence-corrected chi connectivity index (χ1v) is 10.7. The molecule has 0 aromatic heterocycles. The summed E-state index contributed by atoms with van der Waals surface area (Å²) in [5.74, 6) is -0.168. The summed E-state index contributed by atoms with van der Waals surface area (Å²) in [6.07, 6.45) is 7.06. The van der Waals surface area contributed by atoms with Crippen molar-refractivity contribution in [3.05, 3.63) is 48.0 Å². The maximum Gasteiger partial charge on any atom is 0.302 e. The number of carbonyl (C=O) groups excluding carboxylic acids is 1. The van der Waals surface area contributed by atoms with Gasteiger partial charge in [0.1, 0.15) is 6.10 Å². The summed E-state index contributed by atoms with van der Waals surface area (Å²) >= 11 is 0. The molecule has 4 nitrogen and oxygen atoms in total. The van der Waals surface area contributed by atoms with Gasteiger partial charge in [-0.3, -0.25) is 9.69 Å². The third kappa shape index (κ3) is 4.56. The van der Waals surface area contributed by atoms with Crippen molar-refractivity contribution in [1.29, 1.82) is 0 Å². The van der Waals surface area contributed by atoms with Crippen molar-refractivity contribution in [3.63, 3.8) is 0 Å². The zero-order valence-corrected chi connectivity index (χ0v) is 16.8. The van der Waals surface area contributed by atoms with Crippen LogP contribution in [0.5, 0.6) is 0 Å². The van der Waals surface area contributed by atoms with Crippen LogP contribution in [0.4, 0.5) is 0 Å². The van der Waals surface area contributed by atoms with E-state index in [9.17, 15) is 4.79 Å². The molecule has 2 fully saturated rings. The van der Waals surface area contributed by atoms with Gasteiger partial charge in [0, 0.05) is 26.1 Å². The Kier molecular flexibility index (Phi) is 6.28. The third-order valence-electron chi connectivity index (χ3n) is 6.23. The molecule has 4 rings (SSSR count). The molecular weight excluding hydrogens is 350 g/mol. The van der Waals surface area contributed by atoms with Gasteiger partial charge in [-0.05, 0) is 42.0 Å². The van der Waals surface area contributed by atoms with E-state index in [1.54, 1.807) is 0 Å². The van der Waals surface area contributed by atoms with Gasteiger partial charge in [0.25, 0.3) is 0 Å². The van der Waals surface area contributed by atoms with Gasteiger partial charge < -0.3 is 9.47 Å². The van der Waals surface area contributed by atoms with E-state index in [1.807, 2.05) is 0 Å². The normalized spacial score (nSPS) is 25.8. The lowest BCUT2D eigenvalue weighted by molar-refractivity contribution is -0.145. The minimum absolute atomic E-state index is 0.0516. The van der Waals surface area contributed by atoms with Gasteiger partial charge in [-0.25, -0.2) is 0 Å². The Labute approximate surface area is 167 Å². The fourth-order valence-corrected chi connectivity index (χ4v) is 4.91. The van der Waals surface area contributed by atoms with Crippen LogP contribution in [0.25, 0.3) is 10.8 Å². The lowest BCUT2D eigenvalue weighted by Crippen LogP contribution is -2.46. The smallest absolute Gasteiger partial charge is 0.302 e. The fraction of sp³-hybridized carbons (Fsp3) is 0.542. The molecule has 1 heterocycles. The molecule has 0 bridgehead atoms. The van der Waals surface area contributed by atoms with Crippen LogP contribution in [0.2, 0.25) is 0 Å². The quantitative estimate of drug-likeness (QED) is 0.698. The van der Waals surface area contributed by atoms with Crippen LogP contribution in [-0.2, 0) is 20.7 Å². The topological polar surface area (TPSA) is 38.8 Å². The fourth-order valence-electron chi connectivity index (χ4n) is 4.91. The van der Waals surface area contributed by atoms with E-state index in [4.69, 9.17) is 9.47 Å². The molecule has 2 aromatic carbocycles. The van der Waals surface area contributed by atoms with Crippen molar-refractivity contribution in [3.8, 4) is 0 Å². The first kappa shape index (κ1) is 19.4. The number of hydrogen-bond acceptors (Lipinski definition) is 4. The van der Waals surface area contributed by atoms with E-state index >= 15 is 0 Å². The molecule has 1 aliphatic carbocycles. The van der Waals surface area contributed by atoms with Crippen molar-refractivity contribution < 1.29 is 14.3 Å². The van der Waals surface area contributed by atoms with Gasteiger partial charge in [-0.15, -0.1) is 0 Å². The molecule has 28 heavy (non-hydrogen) atoms. The molecule has 2 aliphatic rings. The van der Waals surface area contributed by atoms with Gasteiger partial charge in [0.15, 0.2) is 0 Å². The Morgan fingerprint density at radius 1 is 1.07 bits per heavy atom. The summed E-state index contributed by atoms with van der Waals surface area (Å²) in [6.45, 7) is 4.12. The monoisotopic (exact) mass is 381 g/mol. The summed E-state index contributed by atoms with van der Waals surface area (Å²) in [5, 5.41) is 2.63. The number of rotatable bonds is 6. The van der Waals surface area contributed by atoms with Crippen LogP contribution in [0.3, 0.4) is 0 Å². The van der Waals surface area contributed by atoms with Crippen molar-refractivity contribution in [1.82, 2.24) is 4.90 Å². The lowest BCUT2D eigenvalue weighted by Gasteiger charge is -2.37. The van der Waals surface area contributed by atoms with Gasteiger partial charge in [-0.2, -0.15) is 0 Å². The molecule has 1 aliphatic heterocycles. The SMILES string of the molecule is CC(=O)OC1CCN([C@@H]2CCCCC2OCCc2cccc3ccccc23)C1. The third-order valence-corrected chi connectivity index (χ3v) is 6.23. The summed E-state index contributed by atoms with van der Waals surface area (Å²) in [6, 6.07) is 15.6. The highest BCUT2D eigenvalue weighted by Crippen LogP contribution is 2.29. The standard InChI is InChI=1S/C24H31NO3/c1-18(26)28-21-13-15-25(17-21)23-11-4-5-12-24(23)27-16-14-20-9-6-8-19-7-2-3-10-22(19)20/h2-3,6-10,21,23-24H,4-5,11-17H2,1H3/t21?,23-,24?/m1/s1. The van der Waals surface area contributed by atoms with E-state index in [1.165, 1.54) is 42.5 Å². The summed E-state index contributed by atoms with van der Waals surface area (Å²) < 4.78 is 11.9. The first-order chi connectivity index (χ1) is 13.7. The van der Waals surface area contributed by atoms with E-state index in [0.717, 1.165) is 39.0 Å². The van der Waals surface area contributed by atoms with Crippen LogP contribution in [-0.4, -0.2) is 48.8 Å². The van der Waals surface area contributed by atoms with Crippen LogP contribution >= 0.6 is 0 Å². The molecule has 2 aromatic rings. The highest BCUT2D eigenvalue weighted by Gasteiger charge is 2.36. The molecule has 0 radical (unpaired) electrons. The van der Waals surface area contributed by atoms with Gasteiger partial charge in [-0.1, -0.05) is 55.3 Å². The highest BCUT2D eigenvalue weighted by atomic mass is 16.5. The van der Waals surface area contributed by atoms with E-state index in [-0.39, 0.29) is 12.1 Å². The molecule has 150 valence electrons. The lowest BCUT2D eigenvalue weighted by atomic mass is 9.91. The first-order valence-electron chi connectivity index (χ1n) is 10.7. The molecule has 0 amide bonds. The van der Waals surface area contributed by atoms with Crippen molar-refractivity contribution in [2.24, 2.45) is 0 Å². The maximum absolute atomic E-state index is 11.3. The zero-order chi connectivity index (χ0) is 19.3. The van der Waals surface area contributed by atoms with Crippen molar-refractivity contribution in [2.45, 2.75) is 63.7 Å². The second-order valence-corrected chi connectivity index (χ2v) is 8.16. The number of fused-ring (bicyclic) bond motifs is 1. The van der Waals surface area contributed by atoms with E-state index in [0.29, 0.717) is 12.1 Å². The number of carbonyl (C=O) groups is 1. The van der Waals surface area contributed by atoms with Gasteiger partial charge in [0.2, 0.25) is 0 Å². The Balaban J connectivity index is 1.34. The summed E-state index contributed by atoms with van der Waals surface area (Å²) in [4.78, 5) is 13.7. The molecule has 1 saturated heterocycles. The number of benzene rings is 2. The second kappa shape index (κ2) is 9.06. The second-order valence-electron chi connectivity index (χ2n) is 8.16.